The number of aliphatic carboxylic acids is 1. The Balaban J connectivity index is 0. The molecule has 21 heavy (non-hydrogen) atoms. The highest BCUT2D eigenvalue weighted by molar-refractivity contribution is 5.85. The average Bonchev–Trinajstić information content (AvgIpc) is 2.54. The number of rotatable bonds is 6. The SMILES string of the molecule is C=CC=C.C=CCCC(=C)C(=O)O.C=Cc1ccccc1. The minimum atomic E-state index is -0.920. The molecule has 0 radical (unpaired) electrons. The zero-order valence-corrected chi connectivity index (χ0v) is 12.5. The third-order valence-corrected chi connectivity index (χ3v) is 2.15. The molecule has 112 valence electrons. The molecule has 0 aromatic heterocycles. The van der Waals surface area contributed by atoms with Crippen molar-refractivity contribution in [1.82, 2.24) is 0 Å². The number of hydrogen-bond acceptors (Lipinski definition) is 1. The fraction of sp³-hybridized carbons (Fsp3) is 0.105. The van der Waals surface area contributed by atoms with Gasteiger partial charge in [-0.3, -0.25) is 0 Å². The first-order chi connectivity index (χ1) is 10.0. The van der Waals surface area contributed by atoms with Crippen molar-refractivity contribution in [1.29, 1.82) is 0 Å². The molecule has 0 aliphatic rings. The van der Waals surface area contributed by atoms with E-state index in [2.05, 4.69) is 32.9 Å². The van der Waals surface area contributed by atoms with Crippen molar-refractivity contribution in [3.8, 4) is 0 Å². The van der Waals surface area contributed by atoms with Gasteiger partial charge in [-0.15, -0.1) is 6.58 Å². The minimum absolute atomic E-state index is 0.245. The summed E-state index contributed by atoms with van der Waals surface area (Å²) in [7, 11) is 0. The van der Waals surface area contributed by atoms with Gasteiger partial charge in [0.2, 0.25) is 0 Å². The van der Waals surface area contributed by atoms with Gasteiger partial charge >= 0.3 is 5.97 Å². The van der Waals surface area contributed by atoms with Crippen molar-refractivity contribution < 1.29 is 9.90 Å². The topological polar surface area (TPSA) is 37.3 Å². The van der Waals surface area contributed by atoms with E-state index in [9.17, 15) is 4.79 Å². The summed E-state index contributed by atoms with van der Waals surface area (Å²) in [6, 6.07) is 10.0. The molecule has 0 heterocycles. The van der Waals surface area contributed by atoms with Crippen LogP contribution in [-0.2, 0) is 4.79 Å². The number of benzene rings is 1. The van der Waals surface area contributed by atoms with Gasteiger partial charge in [0, 0.05) is 5.57 Å². The average molecular weight is 284 g/mol. The number of hydrogen-bond donors (Lipinski definition) is 1. The van der Waals surface area contributed by atoms with Gasteiger partial charge in [0.25, 0.3) is 0 Å². The van der Waals surface area contributed by atoms with E-state index in [1.807, 2.05) is 36.4 Å². The Morgan fingerprint density at radius 3 is 1.86 bits per heavy atom. The first-order valence-corrected chi connectivity index (χ1v) is 6.46. The lowest BCUT2D eigenvalue weighted by Gasteiger charge is -1.93. The summed E-state index contributed by atoms with van der Waals surface area (Å²) in [4.78, 5) is 10.1. The molecule has 1 aromatic carbocycles. The van der Waals surface area contributed by atoms with E-state index >= 15 is 0 Å². The van der Waals surface area contributed by atoms with Crippen LogP contribution in [0.2, 0.25) is 0 Å². The van der Waals surface area contributed by atoms with Gasteiger partial charge in [0.1, 0.15) is 0 Å². The van der Waals surface area contributed by atoms with Gasteiger partial charge in [-0.25, -0.2) is 4.79 Å². The van der Waals surface area contributed by atoms with Crippen LogP contribution >= 0.6 is 0 Å². The van der Waals surface area contributed by atoms with Crippen LogP contribution < -0.4 is 0 Å². The molecule has 0 spiro atoms. The lowest BCUT2D eigenvalue weighted by Crippen LogP contribution is -1.97. The Bertz CT molecular complexity index is 450. The third kappa shape index (κ3) is 15.3. The molecule has 2 heteroatoms. The normalized spacial score (nSPS) is 7.81. The molecule has 0 aliphatic heterocycles. The summed E-state index contributed by atoms with van der Waals surface area (Å²) >= 11 is 0. The summed E-state index contributed by atoms with van der Waals surface area (Å²) in [5.41, 5.74) is 1.42. The molecule has 1 rings (SSSR count). The quantitative estimate of drug-likeness (QED) is 0.438. The van der Waals surface area contributed by atoms with Crippen LogP contribution in [0.3, 0.4) is 0 Å². The van der Waals surface area contributed by atoms with Gasteiger partial charge in [-0.1, -0.05) is 81.0 Å². The van der Waals surface area contributed by atoms with Crippen LogP contribution in [0, 0.1) is 0 Å². The van der Waals surface area contributed by atoms with E-state index in [0.29, 0.717) is 12.8 Å². The summed E-state index contributed by atoms with van der Waals surface area (Å²) in [6.07, 6.45) is 7.97. The first kappa shape index (κ1) is 20.7. The van der Waals surface area contributed by atoms with Crippen molar-refractivity contribution >= 4 is 12.0 Å². The summed E-state index contributed by atoms with van der Waals surface area (Å²) < 4.78 is 0. The van der Waals surface area contributed by atoms with Gasteiger partial charge in [0.05, 0.1) is 0 Å². The lowest BCUT2D eigenvalue weighted by atomic mass is 10.2. The zero-order valence-electron chi connectivity index (χ0n) is 12.5. The summed E-state index contributed by atoms with van der Waals surface area (Å²) in [6.45, 7) is 17.2. The monoisotopic (exact) mass is 284 g/mol. The lowest BCUT2D eigenvalue weighted by molar-refractivity contribution is -0.132. The molecule has 0 unspecified atom stereocenters. The Hall–Kier alpha value is -2.61. The van der Waals surface area contributed by atoms with Crippen molar-refractivity contribution in [3.05, 3.63) is 92.6 Å². The first-order valence-electron chi connectivity index (χ1n) is 6.46. The second kappa shape index (κ2) is 15.4. The predicted octanol–water partition coefficient (Wildman–Crippen LogP) is 5.28. The number of allylic oxidation sites excluding steroid dienone is 3. The molecule has 0 saturated carbocycles. The second-order valence-electron chi connectivity index (χ2n) is 3.82. The Kier molecular flexibility index (Phi) is 15.2. The van der Waals surface area contributed by atoms with Crippen LogP contribution in [0.1, 0.15) is 18.4 Å². The maximum Gasteiger partial charge on any atom is 0.330 e. The van der Waals surface area contributed by atoms with Gasteiger partial charge in [-0.2, -0.15) is 0 Å². The van der Waals surface area contributed by atoms with Crippen molar-refractivity contribution in [2.24, 2.45) is 0 Å². The molecule has 0 saturated heterocycles. The fourth-order valence-corrected chi connectivity index (χ4v) is 0.972. The Morgan fingerprint density at radius 2 is 1.57 bits per heavy atom. The summed E-state index contributed by atoms with van der Waals surface area (Å²) in [5.74, 6) is -0.920. The molecule has 0 fully saturated rings. The highest BCUT2D eigenvalue weighted by atomic mass is 16.4. The smallest absolute Gasteiger partial charge is 0.330 e. The van der Waals surface area contributed by atoms with Gasteiger partial charge < -0.3 is 5.11 Å². The number of carboxylic acids is 1. The Morgan fingerprint density at radius 1 is 1.05 bits per heavy atom. The van der Waals surface area contributed by atoms with E-state index < -0.39 is 5.97 Å². The van der Waals surface area contributed by atoms with Crippen LogP contribution in [0.25, 0.3) is 6.08 Å². The van der Waals surface area contributed by atoms with Crippen LogP contribution in [0.15, 0.2) is 87.0 Å². The van der Waals surface area contributed by atoms with E-state index in [0.717, 1.165) is 0 Å². The maximum absolute atomic E-state index is 10.1. The Labute approximate surface area is 128 Å². The molecule has 0 atom stereocenters. The molecule has 2 nitrogen and oxygen atoms in total. The minimum Gasteiger partial charge on any atom is -0.478 e. The standard InChI is InChI=1S/C8H8.C7H10O2.C4H6/c1-2-8-6-4-3-5-7-8;1-3-4-5-6(2)7(8)9;1-3-4-2/h2-7H,1H2;3H,1-2,4-5H2,(H,8,9);3-4H,1-2H2. The van der Waals surface area contributed by atoms with Crippen LogP contribution in [0.4, 0.5) is 0 Å². The highest BCUT2D eigenvalue weighted by Gasteiger charge is 1.99. The molecule has 0 bridgehead atoms. The van der Waals surface area contributed by atoms with Crippen LogP contribution in [0.5, 0.6) is 0 Å². The van der Waals surface area contributed by atoms with Crippen molar-refractivity contribution in [3.63, 3.8) is 0 Å². The highest BCUT2D eigenvalue weighted by Crippen LogP contribution is 2.01. The summed E-state index contributed by atoms with van der Waals surface area (Å²) in [5, 5.41) is 8.27. The molecular weight excluding hydrogens is 260 g/mol. The molecular formula is C19H24O2. The zero-order chi connectivity index (χ0) is 16.5. The van der Waals surface area contributed by atoms with E-state index in [1.165, 1.54) is 5.56 Å². The molecule has 0 amide bonds. The largest absolute Gasteiger partial charge is 0.478 e. The van der Waals surface area contributed by atoms with E-state index in [4.69, 9.17) is 5.11 Å². The molecule has 1 N–H and O–H groups in total. The molecule has 1 aromatic rings. The number of carbonyl (C=O) groups is 1. The maximum atomic E-state index is 10.1. The fourth-order valence-electron chi connectivity index (χ4n) is 0.972. The molecule has 0 aliphatic carbocycles. The predicted molar refractivity (Wildman–Crippen MR) is 93.1 cm³/mol. The number of carboxylic acid groups (broad SMARTS) is 1. The second-order valence-corrected chi connectivity index (χ2v) is 3.82. The van der Waals surface area contributed by atoms with Gasteiger partial charge in [-0.05, 0) is 18.4 Å². The van der Waals surface area contributed by atoms with Crippen molar-refractivity contribution in [2.45, 2.75) is 12.8 Å². The third-order valence-electron chi connectivity index (χ3n) is 2.15. The van der Waals surface area contributed by atoms with E-state index in [-0.39, 0.29) is 5.57 Å². The van der Waals surface area contributed by atoms with Crippen LogP contribution in [-0.4, -0.2) is 11.1 Å². The van der Waals surface area contributed by atoms with E-state index in [1.54, 1.807) is 18.2 Å². The van der Waals surface area contributed by atoms with Gasteiger partial charge in [0.15, 0.2) is 0 Å². The van der Waals surface area contributed by atoms with Crippen molar-refractivity contribution in [2.75, 3.05) is 0 Å².